The summed E-state index contributed by atoms with van der Waals surface area (Å²) in [5.41, 5.74) is 0. The molecule has 6 nitrogen and oxygen atoms in total. The summed E-state index contributed by atoms with van der Waals surface area (Å²) >= 11 is 0. The number of nitrogens with one attached hydrogen (secondary N) is 3. The van der Waals surface area contributed by atoms with E-state index in [2.05, 4.69) is 25.8 Å². The molecule has 0 bridgehead atoms. The Morgan fingerprint density at radius 3 is 3.08 bits per heavy atom. The minimum atomic E-state index is -0.234. The van der Waals surface area contributed by atoms with Crippen LogP contribution in [0.3, 0.4) is 0 Å². The van der Waals surface area contributed by atoms with Crippen LogP contribution < -0.4 is 10.6 Å². The van der Waals surface area contributed by atoms with Crippen molar-refractivity contribution in [2.24, 2.45) is 0 Å². The van der Waals surface area contributed by atoms with E-state index in [-0.39, 0.29) is 11.7 Å². The molecule has 1 aromatic heterocycles. The van der Waals surface area contributed by atoms with Gasteiger partial charge in [0.25, 0.3) is 5.91 Å². The van der Waals surface area contributed by atoms with Gasteiger partial charge in [-0.15, -0.1) is 0 Å². The smallest absolute Gasteiger partial charge is 0.288 e. The molecule has 0 fully saturated rings. The predicted octanol–water partition coefficient (Wildman–Crippen LogP) is -1.25. The number of likely N-dealkylation sites (N-methyl/N-ethyl adjacent to an activating group) is 1. The summed E-state index contributed by atoms with van der Waals surface area (Å²) < 4.78 is 0. The van der Waals surface area contributed by atoms with Crippen LogP contribution in [0.5, 0.6) is 0 Å². The zero-order valence-electron chi connectivity index (χ0n) is 6.79. The molecule has 0 saturated heterocycles. The maximum Gasteiger partial charge on any atom is 0.288 e. The van der Waals surface area contributed by atoms with Crippen LogP contribution >= 0.6 is 0 Å². The summed E-state index contributed by atoms with van der Waals surface area (Å²) in [6.45, 7) is 1.32. The van der Waals surface area contributed by atoms with Crippen LogP contribution in [0.2, 0.25) is 0 Å². The van der Waals surface area contributed by atoms with Gasteiger partial charge in [-0.05, 0) is 7.05 Å². The van der Waals surface area contributed by atoms with Crippen molar-refractivity contribution in [1.82, 2.24) is 25.8 Å². The van der Waals surface area contributed by atoms with Crippen molar-refractivity contribution in [1.29, 1.82) is 0 Å². The molecule has 0 radical (unpaired) electrons. The quantitative estimate of drug-likeness (QED) is 0.492. The van der Waals surface area contributed by atoms with Crippen molar-refractivity contribution in [3.63, 3.8) is 0 Å². The van der Waals surface area contributed by atoms with E-state index in [0.29, 0.717) is 6.54 Å². The Kier molecular flexibility index (Phi) is 3.21. The van der Waals surface area contributed by atoms with Crippen LogP contribution in [0, 0.1) is 0 Å². The van der Waals surface area contributed by atoms with Gasteiger partial charge in [0.05, 0.1) is 0 Å². The third-order valence-electron chi connectivity index (χ3n) is 1.29. The van der Waals surface area contributed by atoms with Crippen LogP contribution in [-0.4, -0.2) is 41.2 Å². The summed E-state index contributed by atoms with van der Waals surface area (Å²) in [6.07, 6.45) is 1.30. The molecule has 0 spiro atoms. The highest BCUT2D eigenvalue weighted by molar-refractivity contribution is 5.90. The van der Waals surface area contributed by atoms with Crippen molar-refractivity contribution in [2.45, 2.75) is 0 Å². The van der Waals surface area contributed by atoms with Gasteiger partial charge in [-0.25, -0.2) is 4.98 Å². The lowest BCUT2D eigenvalue weighted by Crippen LogP contribution is -2.31. The Morgan fingerprint density at radius 1 is 1.67 bits per heavy atom. The zero-order chi connectivity index (χ0) is 8.81. The summed E-state index contributed by atoms with van der Waals surface area (Å²) in [5.74, 6) is 0.00820. The van der Waals surface area contributed by atoms with Crippen molar-refractivity contribution < 1.29 is 4.79 Å². The normalized spacial score (nSPS) is 9.75. The number of nitrogens with zero attached hydrogens (tertiary/aromatic N) is 2. The summed E-state index contributed by atoms with van der Waals surface area (Å²) in [4.78, 5) is 14.8. The minimum absolute atomic E-state index is 0.234. The SMILES string of the molecule is CNCCNC(=O)c1ncn[nH]1. The van der Waals surface area contributed by atoms with Gasteiger partial charge >= 0.3 is 0 Å². The van der Waals surface area contributed by atoms with Crippen LogP contribution in [-0.2, 0) is 0 Å². The first-order chi connectivity index (χ1) is 5.84. The summed E-state index contributed by atoms with van der Waals surface area (Å²) in [7, 11) is 1.82. The van der Waals surface area contributed by atoms with Gasteiger partial charge in [0, 0.05) is 13.1 Å². The highest BCUT2D eigenvalue weighted by atomic mass is 16.2. The minimum Gasteiger partial charge on any atom is -0.348 e. The van der Waals surface area contributed by atoms with E-state index in [0.717, 1.165) is 6.54 Å². The second kappa shape index (κ2) is 4.45. The predicted molar refractivity (Wildman–Crippen MR) is 42.6 cm³/mol. The van der Waals surface area contributed by atoms with Crippen LogP contribution in [0.4, 0.5) is 0 Å². The Balaban J connectivity index is 2.30. The molecule has 66 valence electrons. The second-order valence-corrected chi connectivity index (χ2v) is 2.19. The number of hydrogen-bond donors (Lipinski definition) is 3. The fraction of sp³-hybridized carbons (Fsp3) is 0.500. The number of carbonyl (C=O) groups is 1. The molecule has 0 aliphatic rings. The first-order valence-electron chi connectivity index (χ1n) is 3.62. The topological polar surface area (TPSA) is 82.7 Å². The van der Waals surface area contributed by atoms with E-state index in [1.165, 1.54) is 6.33 Å². The monoisotopic (exact) mass is 169 g/mol. The van der Waals surface area contributed by atoms with E-state index >= 15 is 0 Å². The maximum atomic E-state index is 11.1. The number of H-pyrrole nitrogens is 1. The molecule has 0 unspecified atom stereocenters. The average Bonchev–Trinajstić information content (AvgIpc) is 2.56. The number of carbonyl (C=O) groups excluding carboxylic acids is 1. The van der Waals surface area contributed by atoms with E-state index in [9.17, 15) is 4.79 Å². The molecular formula is C6H11N5O. The van der Waals surface area contributed by atoms with Gasteiger partial charge in [-0.3, -0.25) is 9.89 Å². The highest BCUT2D eigenvalue weighted by Crippen LogP contribution is 1.82. The molecule has 12 heavy (non-hydrogen) atoms. The lowest BCUT2D eigenvalue weighted by Gasteiger charge is -2.00. The molecule has 0 aromatic carbocycles. The molecule has 3 N–H and O–H groups in total. The van der Waals surface area contributed by atoms with E-state index < -0.39 is 0 Å². The molecule has 0 atom stereocenters. The number of aromatic nitrogens is 3. The van der Waals surface area contributed by atoms with Crippen LogP contribution in [0.25, 0.3) is 0 Å². The first-order valence-corrected chi connectivity index (χ1v) is 3.62. The summed E-state index contributed by atoms with van der Waals surface area (Å²) in [5, 5.41) is 11.6. The molecule has 1 amide bonds. The number of amides is 1. The van der Waals surface area contributed by atoms with Gasteiger partial charge in [0.1, 0.15) is 6.33 Å². The third kappa shape index (κ3) is 2.31. The molecule has 0 aliphatic carbocycles. The summed E-state index contributed by atoms with van der Waals surface area (Å²) in [6, 6.07) is 0. The van der Waals surface area contributed by atoms with Crippen molar-refractivity contribution in [3.05, 3.63) is 12.2 Å². The van der Waals surface area contributed by atoms with Gasteiger partial charge in [-0.1, -0.05) is 0 Å². The maximum absolute atomic E-state index is 11.1. The Labute approximate surface area is 69.8 Å². The van der Waals surface area contributed by atoms with Gasteiger partial charge in [0.15, 0.2) is 0 Å². The standard InChI is InChI=1S/C6H11N5O/c1-7-2-3-8-6(12)5-9-4-10-11-5/h4,7H,2-3H2,1H3,(H,8,12)(H,9,10,11). The Bertz CT molecular complexity index is 232. The van der Waals surface area contributed by atoms with Gasteiger partial charge in [0.2, 0.25) is 5.82 Å². The van der Waals surface area contributed by atoms with E-state index in [1.54, 1.807) is 0 Å². The van der Waals surface area contributed by atoms with Crippen molar-refractivity contribution in [3.8, 4) is 0 Å². The molecule has 1 rings (SSSR count). The largest absolute Gasteiger partial charge is 0.348 e. The molecule has 1 aromatic rings. The van der Waals surface area contributed by atoms with Crippen LogP contribution in [0.15, 0.2) is 6.33 Å². The third-order valence-corrected chi connectivity index (χ3v) is 1.29. The van der Waals surface area contributed by atoms with Crippen LogP contribution in [0.1, 0.15) is 10.6 Å². The highest BCUT2D eigenvalue weighted by Gasteiger charge is 2.05. The molecular weight excluding hydrogens is 158 g/mol. The Hall–Kier alpha value is -1.43. The number of aromatic amines is 1. The fourth-order valence-electron chi connectivity index (χ4n) is 0.700. The zero-order valence-corrected chi connectivity index (χ0v) is 6.79. The number of hydrogen-bond acceptors (Lipinski definition) is 4. The molecule has 1 heterocycles. The Morgan fingerprint density at radius 2 is 2.50 bits per heavy atom. The molecule has 0 aliphatic heterocycles. The lowest BCUT2D eigenvalue weighted by molar-refractivity contribution is 0.0944. The molecule has 6 heteroatoms. The lowest BCUT2D eigenvalue weighted by atomic mass is 10.5. The van der Waals surface area contributed by atoms with Crippen molar-refractivity contribution in [2.75, 3.05) is 20.1 Å². The molecule has 0 saturated carbocycles. The average molecular weight is 169 g/mol. The fourth-order valence-corrected chi connectivity index (χ4v) is 0.700. The van der Waals surface area contributed by atoms with E-state index in [4.69, 9.17) is 0 Å². The van der Waals surface area contributed by atoms with Crippen molar-refractivity contribution >= 4 is 5.91 Å². The van der Waals surface area contributed by atoms with E-state index in [1.807, 2.05) is 7.05 Å². The number of rotatable bonds is 4. The van der Waals surface area contributed by atoms with Gasteiger partial charge < -0.3 is 10.6 Å². The first kappa shape index (κ1) is 8.66. The van der Waals surface area contributed by atoms with Gasteiger partial charge in [-0.2, -0.15) is 5.10 Å². The second-order valence-electron chi connectivity index (χ2n) is 2.19.